The maximum absolute atomic E-state index is 13.0. The number of carbonyl (C=O) groups excluding carboxylic acids is 1. The number of rotatable bonds is 5. The van der Waals surface area contributed by atoms with E-state index in [0.29, 0.717) is 18.8 Å². The van der Waals surface area contributed by atoms with Crippen LogP contribution in [0.4, 0.5) is 13.2 Å². The fourth-order valence-corrected chi connectivity index (χ4v) is 4.01. The van der Waals surface area contributed by atoms with E-state index in [1.54, 1.807) is 11.8 Å². The summed E-state index contributed by atoms with van der Waals surface area (Å²) in [7, 11) is 0. The lowest BCUT2D eigenvalue weighted by molar-refractivity contribution is -0.142. The third kappa shape index (κ3) is 5.32. The van der Waals surface area contributed by atoms with Gasteiger partial charge in [-0.15, -0.1) is 0 Å². The summed E-state index contributed by atoms with van der Waals surface area (Å²) < 4.78 is 40.0. The van der Waals surface area contributed by atoms with Gasteiger partial charge in [0.05, 0.1) is 16.7 Å². The molecular weight excluding hydrogens is 473 g/mol. The van der Waals surface area contributed by atoms with Crippen LogP contribution in [0.15, 0.2) is 28.7 Å². The Morgan fingerprint density at radius 1 is 1.21 bits per heavy atom. The van der Waals surface area contributed by atoms with Gasteiger partial charge in [0.25, 0.3) is 0 Å². The Kier molecular flexibility index (Phi) is 6.90. The van der Waals surface area contributed by atoms with Crippen LogP contribution in [0.2, 0.25) is 5.02 Å². The first-order valence-electron chi connectivity index (χ1n) is 9.20. The summed E-state index contributed by atoms with van der Waals surface area (Å²) in [6.07, 6.45) is -4.42. The Hall–Kier alpha value is -1.58. The van der Waals surface area contributed by atoms with Crippen LogP contribution in [0.25, 0.3) is 0 Å². The molecule has 1 aliphatic rings. The van der Waals surface area contributed by atoms with Crippen LogP contribution in [0.1, 0.15) is 23.4 Å². The van der Waals surface area contributed by atoms with Gasteiger partial charge < -0.3 is 4.90 Å². The van der Waals surface area contributed by atoms with Crippen LogP contribution in [0, 0.1) is 6.92 Å². The highest BCUT2D eigenvalue weighted by atomic mass is 79.9. The fourth-order valence-electron chi connectivity index (χ4n) is 3.31. The smallest absolute Gasteiger partial charge is 0.340 e. The van der Waals surface area contributed by atoms with E-state index in [0.717, 1.165) is 30.2 Å². The maximum atomic E-state index is 13.0. The van der Waals surface area contributed by atoms with Crippen molar-refractivity contribution in [3.63, 3.8) is 0 Å². The molecule has 1 amide bonds. The van der Waals surface area contributed by atoms with Gasteiger partial charge in [-0.2, -0.15) is 18.3 Å². The van der Waals surface area contributed by atoms with Crippen molar-refractivity contribution in [2.75, 3.05) is 26.2 Å². The molecule has 0 bridgehead atoms. The Balaban J connectivity index is 1.51. The van der Waals surface area contributed by atoms with Crippen molar-refractivity contribution >= 4 is 33.4 Å². The zero-order chi connectivity index (χ0) is 21.2. The Morgan fingerprint density at radius 2 is 1.86 bits per heavy atom. The molecule has 5 nitrogen and oxygen atoms in total. The third-order valence-electron chi connectivity index (χ3n) is 5.02. The molecule has 0 unspecified atom stereocenters. The van der Waals surface area contributed by atoms with Gasteiger partial charge in [-0.25, -0.2) is 0 Å². The predicted molar refractivity (Wildman–Crippen MR) is 108 cm³/mol. The molecule has 0 N–H and O–H groups in total. The number of halogens is 5. The van der Waals surface area contributed by atoms with Crippen LogP contribution in [0.3, 0.4) is 0 Å². The number of hydrogen-bond donors (Lipinski definition) is 0. The molecule has 0 aliphatic carbocycles. The summed E-state index contributed by atoms with van der Waals surface area (Å²) in [6, 6.07) is 7.68. The van der Waals surface area contributed by atoms with E-state index in [-0.39, 0.29) is 23.3 Å². The zero-order valence-electron chi connectivity index (χ0n) is 15.8. The molecule has 10 heteroatoms. The minimum atomic E-state index is -4.53. The second kappa shape index (κ2) is 9.06. The lowest BCUT2D eigenvalue weighted by Gasteiger charge is -2.35. The number of piperazine rings is 1. The standard InChI is InChI=1S/C19H21BrClF3N4O/c1-13-17(20)18(19(22,23)24)25-28(13)7-6-16(29)27-10-8-26(9-11-27)12-14-4-2-3-5-15(14)21/h2-5H,6-12H2,1H3. The largest absolute Gasteiger partial charge is 0.436 e. The van der Waals surface area contributed by atoms with Gasteiger partial charge in [0.2, 0.25) is 5.91 Å². The van der Waals surface area contributed by atoms with Gasteiger partial charge in [0.1, 0.15) is 0 Å². The quantitative estimate of drug-likeness (QED) is 0.621. The zero-order valence-corrected chi connectivity index (χ0v) is 18.2. The van der Waals surface area contributed by atoms with Crippen LogP contribution in [0.5, 0.6) is 0 Å². The first-order chi connectivity index (χ1) is 13.7. The third-order valence-corrected chi connectivity index (χ3v) is 6.33. The van der Waals surface area contributed by atoms with Gasteiger partial charge >= 0.3 is 6.18 Å². The fraction of sp³-hybridized carbons (Fsp3) is 0.474. The summed E-state index contributed by atoms with van der Waals surface area (Å²) in [5.74, 6) is -0.0815. The maximum Gasteiger partial charge on any atom is 0.436 e. The number of amides is 1. The van der Waals surface area contributed by atoms with Crippen molar-refractivity contribution in [3.05, 3.63) is 50.7 Å². The summed E-state index contributed by atoms with van der Waals surface area (Å²) in [5, 5.41) is 4.34. The highest BCUT2D eigenvalue weighted by molar-refractivity contribution is 9.10. The minimum Gasteiger partial charge on any atom is -0.340 e. The molecule has 0 radical (unpaired) electrons. The van der Waals surface area contributed by atoms with Crippen LogP contribution >= 0.6 is 27.5 Å². The van der Waals surface area contributed by atoms with Crippen molar-refractivity contribution in [3.8, 4) is 0 Å². The lowest BCUT2D eigenvalue weighted by Crippen LogP contribution is -2.48. The van der Waals surface area contributed by atoms with E-state index < -0.39 is 11.9 Å². The molecule has 2 heterocycles. The molecule has 1 fully saturated rings. The normalized spacial score (nSPS) is 15.7. The van der Waals surface area contributed by atoms with Gasteiger partial charge in [-0.1, -0.05) is 29.8 Å². The number of nitrogens with zero attached hydrogens (tertiary/aromatic N) is 4. The Morgan fingerprint density at radius 3 is 2.45 bits per heavy atom. The average Bonchev–Trinajstić information content (AvgIpc) is 2.97. The predicted octanol–water partition coefficient (Wildman–Crippen LogP) is 4.36. The molecule has 0 spiro atoms. The molecule has 29 heavy (non-hydrogen) atoms. The van der Waals surface area contributed by atoms with Crippen molar-refractivity contribution in [2.45, 2.75) is 32.6 Å². The summed E-state index contributed by atoms with van der Waals surface area (Å²) in [5.41, 5.74) is 0.444. The number of aryl methyl sites for hydroxylation is 1. The van der Waals surface area contributed by atoms with Gasteiger partial charge in [-0.05, 0) is 34.5 Å². The second-order valence-corrected chi connectivity index (χ2v) is 8.17. The molecule has 158 valence electrons. The molecule has 3 rings (SSSR count). The number of alkyl halides is 3. The van der Waals surface area contributed by atoms with E-state index in [2.05, 4.69) is 25.9 Å². The van der Waals surface area contributed by atoms with Crippen LogP contribution in [-0.4, -0.2) is 51.7 Å². The summed E-state index contributed by atoms with van der Waals surface area (Å²) >= 11 is 9.15. The number of hydrogen-bond acceptors (Lipinski definition) is 3. The van der Waals surface area contributed by atoms with Gasteiger partial charge in [0.15, 0.2) is 5.69 Å². The number of carbonyl (C=O) groups is 1. The molecule has 1 aromatic carbocycles. The molecule has 1 aliphatic heterocycles. The van der Waals surface area contributed by atoms with E-state index in [9.17, 15) is 18.0 Å². The minimum absolute atomic E-state index is 0.0781. The highest BCUT2D eigenvalue weighted by Crippen LogP contribution is 2.35. The Labute approximate surface area is 180 Å². The Bertz CT molecular complexity index is 879. The summed E-state index contributed by atoms with van der Waals surface area (Å²) in [4.78, 5) is 16.5. The monoisotopic (exact) mass is 492 g/mol. The first kappa shape index (κ1) is 22.1. The number of aromatic nitrogens is 2. The SMILES string of the molecule is Cc1c(Br)c(C(F)(F)F)nn1CCC(=O)N1CCN(Cc2ccccc2Cl)CC1. The molecule has 1 aromatic heterocycles. The van der Waals surface area contributed by atoms with Crippen molar-refractivity contribution < 1.29 is 18.0 Å². The van der Waals surface area contributed by atoms with E-state index in [1.165, 1.54) is 4.68 Å². The van der Waals surface area contributed by atoms with Gasteiger partial charge in [-0.3, -0.25) is 14.4 Å². The van der Waals surface area contributed by atoms with Gasteiger partial charge in [0, 0.05) is 44.2 Å². The average molecular weight is 494 g/mol. The van der Waals surface area contributed by atoms with Crippen molar-refractivity contribution in [2.24, 2.45) is 0 Å². The van der Waals surface area contributed by atoms with E-state index in [4.69, 9.17) is 11.6 Å². The van der Waals surface area contributed by atoms with E-state index in [1.807, 2.05) is 24.3 Å². The topological polar surface area (TPSA) is 41.4 Å². The second-order valence-electron chi connectivity index (χ2n) is 6.97. The summed E-state index contributed by atoms with van der Waals surface area (Å²) in [6.45, 7) is 4.99. The molecule has 0 saturated carbocycles. The highest BCUT2D eigenvalue weighted by Gasteiger charge is 2.38. The lowest BCUT2D eigenvalue weighted by atomic mass is 10.2. The molecule has 2 aromatic rings. The van der Waals surface area contributed by atoms with Crippen LogP contribution < -0.4 is 0 Å². The van der Waals surface area contributed by atoms with E-state index >= 15 is 0 Å². The molecule has 1 saturated heterocycles. The van der Waals surface area contributed by atoms with Crippen molar-refractivity contribution in [1.29, 1.82) is 0 Å². The van der Waals surface area contributed by atoms with Crippen molar-refractivity contribution in [1.82, 2.24) is 19.6 Å². The molecular formula is C19H21BrClF3N4O. The number of benzene rings is 1. The van der Waals surface area contributed by atoms with Crippen LogP contribution in [-0.2, 0) is 24.1 Å². The molecule has 0 atom stereocenters. The first-order valence-corrected chi connectivity index (χ1v) is 10.4.